The Morgan fingerprint density at radius 1 is 1.50 bits per heavy atom. The number of hydrogen-bond donors (Lipinski definition) is 1. The first-order valence-corrected chi connectivity index (χ1v) is 6.89. The van der Waals surface area contributed by atoms with Crippen molar-refractivity contribution in [1.82, 2.24) is 4.90 Å². The third-order valence-electron chi connectivity index (χ3n) is 3.42. The van der Waals surface area contributed by atoms with Gasteiger partial charge in [-0.1, -0.05) is 30.3 Å². The number of benzene rings is 1. The Kier molecular flexibility index (Phi) is 5.52. The van der Waals surface area contributed by atoms with Crippen molar-refractivity contribution in [2.24, 2.45) is 5.73 Å². The van der Waals surface area contributed by atoms with Crippen molar-refractivity contribution in [1.29, 1.82) is 0 Å². The summed E-state index contributed by atoms with van der Waals surface area (Å²) in [7, 11) is 1.55. The van der Waals surface area contributed by atoms with Crippen LogP contribution in [0, 0.1) is 0 Å². The van der Waals surface area contributed by atoms with Crippen molar-refractivity contribution in [3.8, 4) is 0 Å². The van der Waals surface area contributed by atoms with Crippen molar-refractivity contribution in [3.05, 3.63) is 35.9 Å². The maximum Gasteiger partial charge on any atom is 0.242 e. The topological polar surface area (TPSA) is 64.8 Å². The molecule has 20 heavy (non-hydrogen) atoms. The molecule has 2 atom stereocenters. The van der Waals surface area contributed by atoms with E-state index in [2.05, 4.69) is 12.1 Å². The van der Waals surface area contributed by atoms with Crippen LogP contribution in [-0.2, 0) is 20.7 Å². The smallest absolute Gasteiger partial charge is 0.242 e. The molecule has 5 heteroatoms. The molecule has 1 aromatic carbocycles. The van der Waals surface area contributed by atoms with Crippen LogP contribution in [0.1, 0.15) is 5.56 Å². The molecule has 0 aromatic heterocycles. The lowest BCUT2D eigenvalue weighted by Crippen LogP contribution is -2.53. The minimum Gasteiger partial charge on any atom is -0.383 e. The van der Waals surface area contributed by atoms with E-state index in [1.54, 1.807) is 12.0 Å². The molecule has 2 rings (SSSR count). The van der Waals surface area contributed by atoms with E-state index in [4.69, 9.17) is 15.2 Å². The van der Waals surface area contributed by atoms with Gasteiger partial charge in [-0.2, -0.15) is 0 Å². The first kappa shape index (κ1) is 15.0. The maximum absolute atomic E-state index is 12.2. The fraction of sp³-hybridized carbons (Fsp3) is 0.533. The van der Waals surface area contributed by atoms with E-state index in [-0.39, 0.29) is 18.6 Å². The fourth-order valence-corrected chi connectivity index (χ4v) is 2.41. The summed E-state index contributed by atoms with van der Waals surface area (Å²) in [5.41, 5.74) is 7.02. The number of carbonyl (C=O) groups excluding carboxylic acids is 1. The molecule has 110 valence electrons. The van der Waals surface area contributed by atoms with Crippen molar-refractivity contribution < 1.29 is 14.3 Å². The third kappa shape index (κ3) is 4.03. The molecule has 1 aliphatic rings. The van der Waals surface area contributed by atoms with Crippen molar-refractivity contribution >= 4 is 5.91 Å². The Morgan fingerprint density at radius 2 is 2.25 bits per heavy atom. The molecule has 0 bridgehead atoms. The van der Waals surface area contributed by atoms with Gasteiger partial charge in [-0.3, -0.25) is 4.79 Å². The van der Waals surface area contributed by atoms with Gasteiger partial charge in [0.1, 0.15) is 6.04 Å². The average Bonchev–Trinajstić information content (AvgIpc) is 2.48. The summed E-state index contributed by atoms with van der Waals surface area (Å²) in [6.07, 6.45) is 0.842. The third-order valence-corrected chi connectivity index (χ3v) is 3.42. The SMILES string of the molecule is COCC(N)C(=O)N1CCOC(Cc2ccccc2)C1. The second kappa shape index (κ2) is 7.38. The molecule has 1 aromatic rings. The number of rotatable bonds is 5. The van der Waals surface area contributed by atoms with E-state index < -0.39 is 6.04 Å². The highest BCUT2D eigenvalue weighted by molar-refractivity contribution is 5.81. The van der Waals surface area contributed by atoms with Crippen LogP contribution in [0.4, 0.5) is 0 Å². The summed E-state index contributed by atoms with van der Waals surface area (Å²) < 4.78 is 10.7. The molecule has 0 saturated carbocycles. The second-order valence-corrected chi connectivity index (χ2v) is 5.03. The molecule has 1 heterocycles. The zero-order valence-electron chi connectivity index (χ0n) is 11.8. The molecule has 1 saturated heterocycles. The first-order valence-electron chi connectivity index (χ1n) is 6.89. The van der Waals surface area contributed by atoms with Crippen LogP contribution >= 0.6 is 0 Å². The van der Waals surface area contributed by atoms with E-state index >= 15 is 0 Å². The molecule has 0 aliphatic carbocycles. The lowest BCUT2D eigenvalue weighted by Gasteiger charge is -2.34. The van der Waals surface area contributed by atoms with Crippen LogP contribution in [0.3, 0.4) is 0 Å². The molecular formula is C15H22N2O3. The normalized spacial score (nSPS) is 20.7. The zero-order chi connectivity index (χ0) is 14.4. The molecular weight excluding hydrogens is 256 g/mol. The fourth-order valence-electron chi connectivity index (χ4n) is 2.41. The predicted molar refractivity (Wildman–Crippen MR) is 76.3 cm³/mol. The van der Waals surface area contributed by atoms with Gasteiger partial charge in [0.2, 0.25) is 5.91 Å². The molecule has 5 nitrogen and oxygen atoms in total. The minimum atomic E-state index is -0.588. The largest absolute Gasteiger partial charge is 0.383 e. The van der Waals surface area contributed by atoms with Gasteiger partial charge in [-0.05, 0) is 5.56 Å². The van der Waals surface area contributed by atoms with Crippen LogP contribution in [-0.4, -0.2) is 56.4 Å². The van der Waals surface area contributed by atoms with Gasteiger partial charge < -0.3 is 20.1 Å². The second-order valence-electron chi connectivity index (χ2n) is 5.03. The maximum atomic E-state index is 12.2. The monoisotopic (exact) mass is 278 g/mol. The molecule has 1 fully saturated rings. The summed E-state index contributed by atoms with van der Waals surface area (Å²) in [6.45, 7) is 2.00. The zero-order valence-corrected chi connectivity index (χ0v) is 11.8. The Bertz CT molecular complexity index is 424. The highest BCUT2D eigenvalue weighted by Gasteiger charge is 2.27. The first-order chi connectivity index (χ1) is 9.70. The molecule has 0 spiro atoms. The number of amides is 1. The van der Waals surface area contributed by atoms with E-state index in [0.717, 1.165) is 6.42 Å². The van der Waals surface area contributed by atoms with Gasteiger partial charge in [0, 0.05) is 26.6 Å². The summed E-state index contributed by atoms with van der Waals surface area (Å²) >= 11 is 0. The van der Waals surface area contributed by atoms with Crippen LogP contribution in [0.15, 0.2) is 30.3 Å². The van der Waals surface area contributed by atoms with Gasteiger partial charge >= 0.3 is 0 Å². The molecule has 0 radical (unpaired) electrons. The summed E-state index contributed by atoms with van der Waals surface area (Å²) in [5.74, 6) is -0.0618. The number of morpholine rings is 1. The van der Waals surface area contributed by atoms with Crippen molar-refractivity contribution in [2.75, 3.05) is 33.4 Å². The van der Waals surface area contributed by atoms with Gasteiger partial charge in [0.05, 0.1) is 19.3 Å². The number of hydrogen-bond acceptors (Lipinski definition) is 4. The predicted octanol–water partition coefficient (Wildman–Crippen LogP) is 0.430. The van der Waals surface area contributed by atoms with Gasteiger partial charge in [0.15, 0.2) is 0 Å². The quantitative estimate of drug-likeness (QED) is 0.848. The van der Waals surface area contributed by atoms with E-state index in [1.165, 1.54) is 5.56 Å². The Morgan fingerprint density at radius 3 is 2.95 bits per heavy atom. The summed E-state index contributed by atoms with van der Waals surface area (Å²) in [4.78, 5) is 13.9. The standard InChI is InChI=1S/C15H22N2O3/c1-19-11-14(16)15(18)17-7-8-20-13(10-17)9-12-5-3-2-4-6-12/h2-6,13-14H,7-11,16H2,1H3. The van der Waals surface area contributed by atoms with Crippen molar-refractivity contribution in [3.63, 3.8) is 0 Å². The van der Waals surface area contributed by atoms with Crippen LogP contribution < -0.4 is 5.73 Å². The Balaban J connectivity index is 1.90. The molecule has 2 N–H and O–H groups in total. The Hall–Kier alpha value is -1.43. The molecule has 1 amide bonds. The highest BCUT2D eigenvalue weighted by Crippen LogP contribution is 2.12. The highest BCUT2D eigenvalue weighted by atomic mass is 16.5. The van der Waals surface area contributed by atoms with E-state index in [0.29, 0.717) is 19.7 Å². The number of ether oxygens (including phenoxy) is 2. The van der Waals surface area contributed by atoms with Crippen LogP contribution in [0.2, 0.25) is 0 Å². The van der Waals surface area contributed by atoms with Crippen LogP contribution in [0.5, 0.6) is 0 Å². The lowest BCUT2D eigenvalue weighted by molar-refractivity contribution is -0.141. The minimum absolute atomic E-state index is 0.0323. The van der Waals surface area contributed by atoms with Crippen LogP contribution in [0.25, 0.3) is 0 Å². The average molecular weight is 278 g/mol. The number of nitrogens with zero attached hydrogens (tertiary/aromatic N) is 1. The van der Waals surface area contributed by atoms with E-state index in [9.17, 15) is 4.79 Å². The molecule has 2 unspecified atom stereocenters. The van der Waals surface area contributed by atoms with Gasteiger partial charge in [-0.25, -0.2) is 0 Å². The van der Waals surface area contributed by atoms with Crippen molar-refractivity contribution in [2.45, 2.75) is 18.6 Å². The Labute approximate surface area is 119 Å². The molecule has 1 aliphatic heterocycles. The number of methoxy groups -OCH3 is 1. The summed E-state index contributed by atoms with van der Waals surface area (Å²) in [6, 6.07) is 9.56. The number of carbonyl (C=O) groups is 1. The van der Waals surface area contributed by atoms with Gasteiger partial charge in [0.25, 0.3) is 0 Å². The van der Waals surface area contributed by atoms with Gasteiger partial charge in [-0.15, -0.1) is 0 Å². The van der Waals surface area contributed by atoms with E-state index in [1.807, 2.05) is 18.2 Å². The number of nitrogens with two attached hydrogens (primary N) is 1. The lowest BCUT2D eigenvalue weighted by atomic mass is 10.1. The summed E-state index contributed by atoms with van der Waals surface area (Å²) in [5, 5.41) is 0.